The molecule has 0 aliphatic heterocycles. The highest BCUT2D eigenvalue weighted by atomic mass is 16.5. The van der Waals surface area contributed by atoms with Crippen molar-refractivity contribution in [1.29, 1.82) is 0 Å². The largest absolute Gasteiger partial charge is 0.495 e. The van der Waals surface area contributed by atoms with E-state index in [1.54, 1.807) is 7.11 Å². The van der Waals surface area contributed by atoms with Crippen LogP contribution in [0, 0.1) is 6.92 Å². The second kappa shape index (κ2) is 4.65. The van der Waals surface area contributed by atoms with Crippen LogP contribution in [-0.2, 0) is 6.42 Å². The SMILES string of the molecule is COc1cccc2c(CCNC3CC3)c(C)[nH]c12. The number of rotatable bonds is 5. The molecule has 18 heavy (non-hydrogen) atoms. The molecule has 0 amide bonds. The summed E-state index contributed by atoms with van der Waals surface area (Å²) in [5, 5.41) is 4.87. The molecule has 0 atom stereocenters. The standard InChI is InChI=1S/C15H20N2O/c1-10-12(8-9-16-11-6-7-11)13-4-3-5-14(18-2)15(13)17-10/h3-5,11,16-17H,6-9H2,1-2H3. The Morgan fingerprint density at radius 3 is 2.94 bits per heavy atom. The summed E-state index contributed by atoms with van der Waals surface area (Å²) in [7, 11) is 1.72. The molecule has 1 saturated carbocycles. The fraction of sp³-hybridized carbons (Fsp3) is 0.467. The van der Waals surface area contributed by atoms with Crippen molar-refractivity contribution in [2.45, 2.75) is 32.2 Å². The van der Waals surface area contributed by atoms with Gasteiger partial charge < -0.3 is 15.0 Å². The molecule has 3 rings (SSSR count). The van der Waals surface area contributed by atoms with Crippen molar-refractivity contribution < 1.29 is 4.74 Å². The van der Waals surface area contributed by atoms with Gasteiger partial charge in [-0.3, -0.25) is 0 Å². The molecule has 0 unspecified atom stereocenters. The van der Waals surface area contributed by atoms with Gasteiger partial charge in [-0.05, 0) is 44.4 Å². The Kier molecular flexibility index (Phi) is 3.00. The van der Waals surface area contributed by atoms with Crippen molar-refractivity contribution in [2.24, 2.45) is 0 Å². The zero-order valence-electron chi connectivity index (χ0n) is 11.0. The number of H-pyrrole nitrogens is 1. The van der Waals surface area contributed by atoms with Gasteiger partial charge in [0.2, 0.25) is 0 Å². The topological polar surface area (TPSA) is 37.0 Å². The van der Waals surface area contributed by atoms with Crippen molar-refractivity contribution in [1.82, 2.24) is 10.3 Å². The first-order valence-electron chi connectivity index (χ1n) is 6.67. The van der Waals surface area contributed by atoms with E-state index in [-0.39, 0.29) is 0 Å². The van der Waals surface area contributed by atoms with Gasteiger partial charge in [-0.15, -0.1) is 0 Å². The van der Waals surface area contributed by atoms with Crippen molar-refractivity contribution in [3.8, 4) is 5.75 Å². The quantitative estimate of drug-likeness (QED) is 0.848. The lowest BCUT2D eigenvalue weighted by Crippen LogP contribution is -2.19. The number of hydrogen-bond donors (Lipinski definition) is 2. The summed E-state index contributed by atoms with van der Waals surface area (Å²) in [5.74, 6) is 0.928. The molecule has 1 aliphatic carbocycles. The summed E-state index contributed by atoms with van der Waals surface area (Å²) in [6, 6.07) is 7.02. The van der Waals surface area contributed by atoms with Crippen LogP contribution < -0.4 is 10.1 Å². The maximum Gasteiger partial charge on any atom is 0.142 e. The van der Waals surface area contributed by atoms with E-state index in [2.05, 4.69) is 29.4 Å². The van der Waals surface area contributed by atoms with E-state index >= 15 is 0 Å². The number of fused-ring (bicyclic) bond motifs is 1. The normalized spacial score (nSPS) is 15.2. The monoisotopic (exact) mass is 244 g/mol. The fourth-order valence-electron chi connectivity index (χ4n) is 2.56. The van der Waals surface area contributed by atoms with Gasteiger partial charge in [0.05, 0.1) is 12.6 Å². The minimum Gasteiger partial charge on any atom is -0.495 e. The Bertz CT molecular complexity index is 555. The second-order valence-corrected chi connectivity index (χ2v) is 5.09. The summed E-state index contributed by atoms with van der Waals surface area (Å²) in [6.07, 6.45) is 3.77. The molecule has 1 aliphatic rings. The molecule has 1 aromatic carbocycles. The molecule has 1 fully saturated rings. The van der Waals surface area contributed by atoms with E-state index in [1.165, 1.54) is 29.5 Å². The van der Waals surface area contributed by atoms with Crippen LogP contribution in [0.15, 0.2) is 18.2 Å². The van der Waals surface area contributed by atoms with Gasteiger partial charge in [-0.2, -0.15) is 0 Å². The van der Waals surface area contributed by atoms with Gasteiger partial charge >= 0.3 is 0 Å². The predicted octanol–water partition coefficient (Wildman–Crippen LogP) is 2.78. The first-order chi connectivity index (χ1) is 8.79. The van der Waals surface area contributed by atoms with Crippen molar-refractivity contribution in [3.63, 3.8) is 0 Å². The number of ether oxygens (including phenoxy) is 1. The molecule has 1 aromatic heterocycles. The van der Waals surface area contributed by atoms with Crippen LogP contribution in [-0.4, -0.2) is 24.7 Å². The predicted molar refractivity (Wildman–Crippen MR) is 74.3 cm³/mol. The van der Waals surface area contributed by atoms with Crippen LogP contribution in [0.3, 0.4) is 0 Å². The molecule has 1 heterocycles. The van der Waals surface area contributed by atoms with Gasteiger partial charge in [0.25, 0.3) is 0 Å². The van der Waals surface area contributed by atoms with Gasteiger partial charge in [-0.25, -0.2) is 0 Å². The third kappa shape index (κ3) is 2.10. The lowest BCUT2D eigenvalue weighted by atomic mass is 10.1. The van der Waals surface area contributed by atoms with E-state index < -0.39 is 0 Å². The smallest absolute Gasteiger partial charge is 0.142 e. The Morgan fingerprint density at radius 2 is 2.22 bits per heavy atom. The Labute approximate surface area is 108 Å². The van der Waals surface area contributed by atoms with Crippen LogP contribution in [0.5, 0.6) is 5.75 Å². The number of aromatic nitrogens is 1. The van der Waals surface area contributed by atoms with E-state index in [4.69, 9.17) is 4.74 Å². The highest BCUT2D eigenvalue weighted by Crippen LogP contribution is 2.29. The number of hydrogen-bond acceptors (Lipinski definition) is 2. The maximum absolute atomic E-state index is 5.40. The van der Waals surface area contributed by atoms with E-state index in [0.29, 0.717) is 0 Å². The summed E-state index contributed by atoms with van der Waals surface area (Å²) in [5.41, 5.74) is 3.79. The summed E-state index contributed by atoms with van der Waals surface area (Å²) in [6.45, 7) is 3.21. The van der Waals surface area contributed by atoms with Crippen LogP contribution >= 0.6 is 0 Å². The lowest BCUT2D eigenvalue weighted by molar-refractivity contribution is 0.419. The molecule has 2 aromatic rings. The fourth-order valence-corrected chi connectivity index (χ4v) is 2.56. The molecular weight excluding hydrogens is 224 g/mol. The number of nitrogens with one attached hydrogen (secondary N) is 2. The number of methoxy groups -OCH3 is 1. The van der Waals surface area contributed by atoms with Crippen LogP contribution in [0.1, 0.15) is 24.1 Å². The second-order valence-electron chi connectivity index (χ2n) is 5.09. The Balaban J connectivity index is 1.87. The summed E-state index contributed by atoms with van der Waals surface area (Å²) in [4.78, 5) is 3.45. The third-order valence-electron chi connectivity index (χ3n) is 3.72. The summed E-state index contributed by atoms with van der Waals surface area (Å²) >= 11 is 0. The average Bonchev–Trinajstić information content (AvgIpc) is 3.14. The van der Waals surface area contributed by atoms with E-state index in [1.807, 2.05) is 6.07 Å². The van der Waals surface area contributed by atoms with Crippen molar-refractivity contribution in [3.05, 3.63) is 29.5 Å². The molecule has 0 bridgehead atoms. The minimum atomic E-state index is 0.782. The van der Waals surface area contributed by atoms with E-state index in [0.717, 1.165) is 30.3 Å². The van der Waals surface area contributed by atoms with E-state index in [9.17, 15) is 0 Å². The molecule has 2 N–H and O–H groups in total. The Hall–Kier alpha value is -1.48. The number of aromatic amines is 1. The molecule has 0 spiro atoms. The number of para-hydroxylation sites is 1. The van der Waals surface area contributed by atoms with Crippen molar-refractivity contribution in [2.75, 3.05) is 13.7 Å². The first-order valence-corrected chi connectivity index (χ1v) is 6.67. The molecule has 0 saturated heterocycles. The third-order valence-corrected chi connectivity index (χ3v) is 3.72. The average molecular weight is 244 g/mol. The Morgan fingerprint density at radius 1 is 1.39 bits per heavy atom. The highest BCUT2D eigenvalue weighted by Gasteiger charge is 2.20. The molecule has 0 radical (unpaired) electrons. The van der Waals surface area contributed by atoms with Gasteiger partial charge in [0, 0.05) is 17.1 Å². The number of benzene rings is 1. The summed E-state index contributed by atoms with van der Waals surface area (Å²) < 4.78 is 5.40. The highest BCUT2D eigenvalue weighted by molar-refractivity contribution is 5.89. The van der Waals surface area contributed by atoms with Crippen LogP contribution in [0.25, 0.3) is 10.9 Å². The van der Waals surface area contributed by atoms with Gasteiger partial charge in [0.15, 0.2) is 0 Å². The minimum absolute atomic E-state index is 0.782. The van der Waals surface area contributed by atoms with Crippen LogP contribution in [0.4, 0.5) is 0 Å². The number of aryl methyl sites for hydroxylation is 1. The molecule has 3 nitrogen and oxygen atoms in total. The van der Waals surface area contributed by atoms with Gasteiger partial charge in [0.1, 0.15) is 5.75 Å². The maximum atomic E-state index is 5.40. The first kappa shape index (κ1) is 11.6. The molecular formula is C15H20N2O. The zero-order valence-corrected chi connectivity index (χ0v) is 11.0. The lowest BCUT2D eigenvalue weighted by Gasteiger charge is -2.04. The van der Waals surface area contributed by atoms with Crippen LogP contribution in [0.2, 0.25) is 0 Å². The van der Waals surface area contributed by atoms with Gasteiger partial charge in [-0.1, -0.05) is 12.1 Å². The zero-order chi connectivity index (χ0) is 12.5. The van der Waals surface area contributed by atoms with Crippen molar-refractivity contribution >= 4 is 10.9 Å². The molecule has 96 valence electrons. The molecule has 3 heteroatoms.